The van der Waals surface area contributed by atoms with Crippen molar-refractivity contribution in [2.24, 2.45) is 0 Å². The van der Waals surface area contributed by atoms with Crippen molar-refractivity contribution in [3.63, 3.8) is 0 Å². The Kier molecular flexibility index (Phi) is 7.94. The number of carbonyl (C=O) groups is 1. The number of rotatable bonds is 7. The van der Waals surface area contributed by atoms with Gasteiger partial charge in [-0.1, -0.05) is 6.07 Å². The minimum Gasteiger partial charge on any atom is -0.394 e. The highest BCUT2D eigenvalue weighted by Crippen LogP contribution is 2.30. The smallest absolute Gasteiger partial charge is 0.254 e. The lowest BCUT2D eigenvalue weighted by Gasteiger charge is -2.22. The Morgan fingerprint density at radius 2 is 2.03 bits per heavy atom. The number of aliphatic hydroxyl groups excluding tert-OH is 1. The summed E-state index contributed by atoms with van der Waals surface area (Å²) in [5.74, 6) is -1.66. The van der Waals surface area contributed by atoms with Crippen molar-refractivity contribution in [2.45, 2.75) is 29.7 Å². The van der Waals surface area contributed by atoms with E-state index in [9.17, 15) is 14.3 Å². The Labute approximate surface area is 206 Å². The van der Waals surface area contributed by atoms with Crippen LogP contribution in [-0.4, -0.2) is 47.1 Å². The number of carbonyl (C=O) groups excluding carboxylic acids is 1. The first-order chi connectivity index (χ1) is 16.9. The highest BCUT2D eigenvalue weighted by atomic mass is 32.2. The third kappa shape index (κ3) is 5.77. The molecule has 3 aromatic rings. The molecule has 1 fully saturated rings. The Balaban J connectivity index is 1.56. The van der Waals surface area contributed by atoms with Crippen molar-refractivity contribution in [1.82, 2.24) is 15.3 Å². The molecule has 0 spiro atoms. The average molecular weight is 501 g/mol. The van der Waals surface area contributed by atoms with Crippen molar-refractivity contribution in [3.05, 3.63) is 71.1 Å². The number of halogens is 2. The van der Waals surface area contributed by atoms with Crippen LogP contribution in [0.1, 0.15) is 46.4 Å². The minimum absolute atomic E-state index is 0.161. The van der Waals surface area contributed by atoms with Crippen LogP contribution in [0.15, 0.2) is 47.5 Å². The summed E-state index contributed by atoms with van der Waals surface area (Å²) in [6.07, 6.45) is 5.07. The molecule has 1 saturated heterocycles. The summed E-state index contributed by atoms with van der Waals surface area (Å²) in [7, 11) is 0. The topological polar surface area (TPSA) is 110 Å². The summed E-state index contributed by atoms with van der Waals surface area (Å²) in [4.78, 5) is 22.3. The zero-order chi connectivity index (χ0) is 24.9. The number of ether oxygens (including phenoxy) is 1. The fourth-order valence-electron chi connectivity index (χ4n) is 4.03. The van der Waals surface area contributed by atoms with Crippen molar-refractivity contribution in [1.29, 1.82) is 0 Å². The first-order valence-electron chi connectivity index (χ1n) is 11.2. The minimum atomic E-state index is -0.902. The first kappa shape index (κ1) is 25.0. The van der Waals surface area contributed by atoms with Crippen molar-refractivity contribution >= 4 is 23.5 Å². The van der Waals surface area contributed by atoms with E-state index >= 15 is 4.39 Å². The molecule has 1 amide bonds. The molecular formula is C25H26F2N4O3S. The normalized spacial score (nSPS) is 15.1. The van der Waals surface area contributed by atoms with Crippen molar-refractivity contribution in [2.75, 3.05) is 31.8 Å². The van der Waals surface area contributed by atoms with Gasteiger partial charge in [-0.3, -0.25) is 4.79 Å². The van der Waals surface area contributed by atoms with E-state index in [0.29, 0.717) is 34.9 Å². The predicted molar refractivity (Wildman–Crippen MR) is 130 cm³/mol. The number of nitrogens with zero attached hydrogens (tertiary/aromatic N) is 2. The molecule has 4 rings (SSSR count). The molecule has 0 bridgehead atoms. The zero-order valence-corrected chi connectivity index (χ0v) is 19.9. The molecule has 1 aliphatic rings. The van der Waals surface area contributed by atoms with E-state index in [4.69, 9.17) is 10.5 Å². The quantitative estimate of drug-likeness (QED) is 0.419. The molecule has 2 aromatic carbocycles. The van der Waals surface area contributed by atoms with E-state index in [1.54, 1.807) is 24.6 Å². The van der Waals surface area contributed by atoms with Gasteiger partial charge in [0.2, 0.25) is 0 Å². The van der Waals surface area contributed by atoms with Crippen molar-refractivity contribution in [3.8, 4) is 11.3 Å². The Morgan fingerprint density at radius 1 is 1.26 bits per heavy atom. The van der Waals surface area contributed by atoms with E-state index in [2.05, 4.69) is 15.3 Å². The Bertz CT molecular complexity index is 1220. The fourth-order valence-corrected chi connectivity index (χ4v) is 4.52. The number of hydrogen-bond donors (Lipinski definition) is 3. The number of nitrogens with two attached hydrogens (primary N) is 1. The van der Waals surface area contributed by atoms with E-state index in [1.807, 2.05) is 0 Å². The molecule has 184 valence electrons. The van der Waals surface area contributed by atoms with Gasteiger partial charge in [0.15, 0.2) is 0 Å². The van der Waals surface area contributed by atoms with Crippen molar-refractivity contribution < 1.29 is 23.4 Å². The molecule has 7 nitrogen and oxygen atoms in total. The molecule has 0 aliphatic carbocycles. The van der Waals surface area contributed by atoms with Crippen LogP contribution in [0.3, 0.4) is 0 Å². The lowest BCUT2D eigenvalue weighted by atomic mass is 9.96. The largest absolute Gasteiger partial charge is 0.394 e. The van der Waals surface area contributed by atoms with Gasteiger partial charge in [-0.15, -0.1) is 11.8 Å². The number of anilines is 1. The first-order valence-corrected chi connectivity index (χ1v) is 12.4. The molecule has 0 radical (unpaired) electrons. The SMILES string of the molecule is CSc1cc(F)cc([C@@H](CO)NC(=O)c2ccc(-c3nc(C4CCOCC4)cnc3N)cc2F)c1. The molecule has 2 heterocycles. The van der Waals surface area contributed by atoms with Crippen LogP contribution in [0.2, 0.25) is 0 Å². The fraction of sp³-hybridized carbons (Fsp3) is 0.320. The number of amides is 1. The van der Waals surface area contributed by atoms with Gasteiger partial charge < -0.3 is 20.9 Å². The molecule has 1 atom stereocenters. The van der Waals surface area contributed by atoms with Gasteiger partial charge in [-0.25, -0.2) is 18.7 Å². The second kappa shape index (κ2) is 11.1. The van der Waals surface area contributed by atoms with E-state index in [1.165, 1.54) is 36.0 Å². The average Bonchev–Trinajstić information content (AvgIpc) is 2.87. The molecule has 4 N–H and O–H groups in total. The summed E-state index contributed by atoms with van der Waals surface area (Å²) in [5.41, 5.74) is 7.69. The highest BCUT2D eigenvalue weighted by molar-refractivity contribution is 7.98. The molecule has 0 saturated carbocycles. The molecule has 1 aromatic heterocycles. The maximum Gasteiger partial charge on any atom is 0.254 e. The number of benzene rings is 2. The third-order valence-corrected chi connectivity index (χ3v) is 6.67. The summed E-state index contributed by atoms with van der Waals surface area (Å²) in [5, 5.41) is 12.4. The second-order valence-electron chi connectivity index (χ2n) is 8.24. The lowest BCUT2D eigenvalue weighted by Crippen LogP contribution is -2.31. The maximum absolute atomic E-state index is 15.0. The number of aromatic nitrogens is 2. The number of aliphatic hydroxyl groups is 1. The van der Waals surface area contributed by atoms with Crippen LogP contribution in [0.4, 0.5) is 14.6 Å². The summed E-state index contributed by atoms with van der Waals surface area (Å²) in [6, 6.07) is 7.42. The molecule has 10 heteroatoms. The Morgan fingerprint density at radius 3 is 2.71 bits per heavy atom. The molecule has 35 heavy (non-hydrogen) atoms. The van der Waals surface area contributed by atoms with E-state index in [0.717, 1.165) is 18.5 Å². The predicted octanol–water partition coefficient (Wildman–Crippen LogP) is 4.08. The van der Waals surface area contributed by atoms with Crippen LogP contribution in [0.25, 0.3) is 11.3 Å². The van der Waals surface area contributed by atoms with Gasteiger partial charge in [-0.05, 0) is 55.0 Å². The highest BCUT2D eigenvalue weighted by Gasteiger charge is 2.22. The summed E-state index contributed by atoms with van der Waals surface area (Å²) >= 11 is 1.33. The summed E-state index contributed by atoms with van der Waals surface area (Å²) in [6.45, 7) is 0.814. The number of nitrogen functional groups attached to an aromatic ring is 1. The Hall–Kier alpha value is -3.08. The third-order valence-electron chi connectivity index (χ3n) is 5.97. The van der Waals surface area contributed by atoms with Gasteiger partial charge in [0.1, 0.15) is 23.1 Å². The van der Waals surface area contributed by atoms with Gasteiger partial charge in [0, 0.05) is 29.6 Å². The van der Waals surface area contributed by atoms with Gasteiger partial charge >= 0.3 is 0 Å². The standard InChI is InChI=1S/C25H26F2N4O3S/c1-35-18-9-16(8-17(26)11-18)22(13-32)31-25(33)19-3-2-15(10-20(19)27)23-24(28)29-12-21(30-23)14-4-6-34-7-5-14/h2-3,8-12,14,22,32H,4-7,13H2,1H3,(H2,28,29)(H,31,33)/t22-/m1/s1. The molecule has 0 unspecified atom stereocenters. The zero-order valence-electron chi connectivity index (χ0n) is 19.1. The lowest BCUT2D eigenvalue weighted by molar-refractivity contribution is 0.0844. The van der Waals surface area contributed by atoms with E-state index < -0.39 is 30.2 Å². The monoisotopic (exact) mass is 500 g/mol. The number of nitrogens with one attached hydrogen (secondary N) is 1. The van der Waals surface area contributed by atoms with E-state index in [-0.39, 0.29) is 17.3 Å². The van der Waals surface area contributed by atoms with Crippen LogP contribution < -0.4 is 11.1 Å². The van der Waals surface area contributed by atoms with Crippen LogP contribution >= 0.6 is 11.8 Å². The van der Waals surface area contributed by atoms with Gasteiger partial charge in [0.05, 0.1) is 30.1 Å². The molecular weight excluding hydrogens is 474 g/mol. The summed E-state index contributed by atoms with van der Waals surface area (Å²) < 4.78 is 34.3. The maximum atomic E-state index is 15.0. The van der Waals surface area contributed by atoms with Crippen LogP contribution in [0.5, 0.6) is 0 Å². The van der Waals surface area contributed by atoms with Gasteiger partial charge in [0.25, 0.3) is 5.91 Å². The number of hydrogen-bond acceptors (Lipinski definition) is 7. The number of thioether (sulfide) groups is 1. The van der Waals surface area contributed by atoms with Crippen LogP contribution in [0, 0.1) is 11.6 Å². The molecule has 1 aliphatic heterocycles. The second-order valence-corrected chi connectivity index (χ2v) is 9.12. The van der Waals surface area contributed by atoms with Gasteiger partial charge in [-0.2, -0.15) is 0 Å². The van der Waals surface area contributed by atoms with Crippen LogP contribution in [-0.2, 0) is 4.74 Å².